The summed E-state index contributed by atoms with van der Waals surface area (Å²) in [7, 11) is 2.11. The van der Waals surface area contributed by atoms with Gasteiger partial charge in [0.25, 0.3) is 0 Å². The van der Waals surface area contributed by atoms with E-state index in [0.29, 0.717) is 12.4 Å². The van der Waals surface area contributed by atoms with Gasteiger partial charge in [0.1, 0.15) is 5.84 Å². The van der Waals surface area contributed by atoms with Crippen molar-refractivity contribution >= 4 is 28.8 Å². The van der Waals surface area contributed by atoms with Gasteiger partial charge in [-0.15, -0.1) is 0 Å². The van der Waals surface area contributed by atoms with Crippen LogP contribution in [0.4, 0.5) is 11.4 Å². The molecule has 0 radical (unpaired) electrons. The van der Waals surface area contributed by atoms with Gasteiger partial charge in [0.05, 0.1) is 23.8 Å². The molecule has 0 aliphatic carbocycles. The predicted molar refractivity (Wildman–Crippen MR) is 118 cm³/mol. The van der Waals surface area contributed by atoms with Crippen molar-refractivity contribution in [2.24, 2.45) is 9.98 Å². The Morgan fingerprint density at radius 2 is 1.59 bits per heavy atom. The summed E-state index contributed by atoms with van der Waals surface area (Å²) in [6.45, 7) is 6.16. The summed E-state index contributed by atoms with van der Waals surface area (Å²) in [5, 5.41) is 3.11. The van der Waals surface area contributed by atoms with Crippen molar-refractivity contribution in [1.29, 1.82) is 0 Å². The van der Waals surface area contributed by atoms with Crippen molar-refractivity contribution in [3.05, 3.63) is 60.2 Å². The number of aliphatic imine (C=N–C) groups is 2. The molecule has 2 aromatic carbocycles. The molecular formula is C23H27N5O. The molecule has 1 saturated heterocycles. The zero-order chi connectivity index (χ0) is 20.2. The van der Waals surface area contributed by atoms with Crippen LogP contribution >= 0.6 is 0 Å². The molecule has 2 aromatic rings. The van der Waals surface area contributed by atoms with Crippen LogP contribution in [0.25, 0.3) is 0 Å². The summed E-state index contributed by atoms with van der Waals surface area (Å²) < 4.78 is 0. The molecule has 0 aromatic heterocycles. The fourth-order valence-corrected chi connectivity index (χ4v) is 3.84. The Labute approximate surface area is 172 Å². The molecule has 1 amide bonds. The molecule has 4 rings (SSSR count). The maximum atomic E-state index is 12.9. The minimum absolute atomic E-state index is 0.0265. The van der Waals surface area contributed by atoms with Gasteiger partial charge in [-0.2, -0.15) is 0 Å². The van der Waals surface area contributed by atoms with E-state index in [1.54, 1.807) is 0 Å². The molecule has 2 aliphatic rings. The first-order valence-corrected chi connectivity index (χ1v) is 10.1. The third kappa shape index (κ3) is 4.60. The van der Waals surface area contributed by atoms with Gasteiger partial charge in [-0.3, -0.25) is 14.7 Å². The fraction of sp³-hybridized carbons (Fsp3) is 0.348. The first-order chi connectivity index (χ1) is 14.1. The number of para-hydroxylation sites is 2. The smallest absolute Gasteiger partial charge is 0.239 e. The van der Waals surface area contributed by atoms with Gasteiger partial charge in [0.2, 0.25) is 5.91 Å². The van der Waals surface area contributed by atoms with E-state index in [1.807, 2.05) is 49.4 Å². The first kappa shape index (κ1) is 19.5. The number of rotatable bonds is 3. The lowest BCUT2D eigenvalue weighted by molar-refractivity contribution is -0.121. The zero-order valence-electron chi connectivity index (χ0n) is 17.0. The van der Waals surface area contributed by atoms with Gasteiger partial charge in [-0.25, -0.2) is 4.99 Å². The van der Waals surface area contributed by atoms with E-state index in [0.717, 1.165) is 48.8 Å². The number of amides is 1. The first-order valence-electron chi connectivity index (χ1n) is 10.1. The number of nitrogens with one attached hydrogen (secondary N) is 1. The highest BCUT2D eigenvalue weighted by molar-refractivity contribution is 6.17. The number of hydrogen-bond acceptors (Lipinski definition) is 5. The Morgan fingerprint density at radius 3 is 2.28 bits per heavy atom. The van der Waals surface area contributed by atoms with Crippen molar-refractivity contribution in [2.45, 2.75) is 12.8 Å². The van der Waals surface area contributed by atoms with E-state index in [4.69, 9.17) is 9.98 Å². The highest BCUT2D eigenvalue weighted by atomic mass is 16.2. The van der Waals surface area contributed by atoms with Crippen LogP contribution in [0.15, 0.2) is 64.6 Å². The van der Waals surface area contributed by atoms with Crippen LogP contribution in [0.3, 0.4) is 0 Å². The number of piperazine rings is 1. The number of hydrogen-bond donors (Lipinski definition) is 1. The molecule has 0 bridgehead atoms. The SMILES string of the molecule is CC1=Nc2ccccc2N=C(NC(=O)CN2CCN(C)CC2)[C@H]1c1ccccc1. The van der Waals surface area contributed by atoms with Crippen molar-refractivity contribution in [3.8, 4) is 0 Å². The Morgan fingerprint density at radius 1 is 0.966 bits per heavy atom. The molecular weight excluding hydrogens is 362 g/mol. The summed E-state index contributed by atoms with van der Waals surface area (Å²) >= 11 is 0. The van der Waals surface area contributed by atoms with E-state index >= 15 is 0 Å². The van der Waals surface area contributed by atoms with E-state index in [2.05, 4.69) is 34.3 Å². The lowest BCUT2D eigenvalue weighted by Gasteiger charge is -2.32. The van der Waals surface area contributed by atoms with Crippen LogP contribution in [0, 0.1) is 0 Å². The maximum absolute atomic E-state index is 12.9. The topological polar surface area (TPSA) is 60.3 Å². The third-order valence-electron chi connectivity index (χ3n) is 5.47. The lowest BCUT2D eigenvalue weighted by Crippen LogP contribution is -2.49. The molecule has 6 nitrogen and oxygen atoms in total. The van der Waals surface area contributed by atoms with Gasteiger partial charge in [-0.1, -0.05) is 42.5 Å². The average molecular weight is 390 g/mol. The molecule has 0 saturated carbocycles. The number of amidine groups is 1. The molecule has 29 heavy (non-hydrogen) atoms. The molecule has 2 aliphatic heterocycles. The monoisotopic (exact) mass is 389 g/mol. The van der Waals surface area contributed by atoms with Crippen molar-refractivity contribution < 1.29 is 4.79 Å². The number of nitrogens with zero attached hydrogens (tertiary/aromatic N) is 4. The number of benzene rings is 2. The Balaban J connectivity index is 1.61. The molecule has 0 unspecified atom stereocenters. The minimum Gasteiger partial charge on any atom is -0.312 e. The molecule has 1 atom stereocenters. The van der Waals surface area contributed by atoms with Crippen molar-refractivity contribution in [1.82, 2.24) is 15.1 Å². The van der Waals surface area contributed by atoms with E-state index < -0.39 is 0 Å². The average Bonchev–Trinajstić information content (AvgIpc) is 2.85. The summed E-state index contributed by atoms with van der Waals surface area (Å²) in [5.74, 6) is 0.433. The molecule has 1 N–H and O–H groups in total. The lowest BCUT2D eigenvalue weighted by atomic mass is 9.93. The molecule has 2 heterocycles. The van der Waals surface area contributed by atoms with Crippen LogP contribution in [0.1, 0.15) is 18.4 Å². The maximum Gasteiger partial charge on any atom is 0.239 e. The van der Waals surface area contributed by atoms with Crippen LogP contribution in [0.5, 0.6) is 0 Å². The molecule has 6 heteroatoms. The van der Waals surface area contributed by atoms with Crippen molar-refractivity contribution in [3.63, 3.8) is 0 Å². The van der Waals surface area contributed by atoms with E-state index in [9.17, 15) is 4.79 Å². The Hall–Kier alpha value is -2.83. The second-order valence-corrected chi connectivity index (χ2v) is 7.71. The van der Waals surface area contributed by atoms with Crippen LogP contribution in [-0.4, -0.2) is 67.0 Å². The predicted octanol–water partition coefficient (Wildman–Crippen LogP) is 2.97. The second kappa shape index (κ2) is 8.68. The van der Waals surface area contributed by atoms with Crippen LogP contribution in [0.2, 0.25) is 0 Å². The summed E-state index contributed by atoms with van der Waals surface area (Å²) in [6.07, 6.45) is 0. The van der Waals surface area contributed by atoms with Crippen molar-refractivity contribution in [2.75, 3.05) is 39.8 Å². The van der Waals surface area contributed by atoms with Gasteiger partial charge >= 0.3 is 0 Å². The normalized spacial score (nSPS) is 20.3. The Kier molecular flexibility index (Phi) is 5.83. The number of likely N-dealkylation sites (N-methyl/N-ethyl adjacent to an activating group) is 1. The molecule has 1 fully saturated rings. The minimum atomic E-state index is -0.181. The van der Waals surface area contributed by atoms with Crippen LogP contribution < -0.4 is 5.32 Å². The highest BCUT2D eigenvalue weighted by Crippen LogP contribution is 2.34. The third-order valence-corrected chi connectivity index (χ3v) is 5.47. The number of fused-ring (bicyclic) bond motifs is 1. The molecule has 0 spiro atoms. The van der Waals surface area contributed by atoms with Gasteiger partial charge in [0.15, 0.2) is 0 Å². The van der Waals surface area contributed by atoms with Gasteiger partial charge in [0, 0.05) is 31.9 Å². The Bertz CT molecular complexity index is 929. The summed E-state index contributed by atoms with van der Waals surface area (Å²) in [6, 6.07) is 17.9. The number of carbonyl (C=O) groups is 1. The zero-order valence-corrected chi connectivity index (χ0v) is 17.0. The summed E-state index contributed by atoms with van der Waals surface area (Å²) in [5.41, 5.74) is 3.59. The van der Waals surface area contributed by atoms with E-state index in [1.165, 1.54) is 0 Å². The fourth-order valence-electron chi connectivity index (χ4n) is 3.84. The second-order valence-electron chi connectivity index (χ2n) is 7.71. The molecule has 150 valence electrons. The van der Waals surface area contributed by atoms with Gasteiger partial charge in [-0.05, 0) is 31.7 Å². The quantitative estimate of drug-likeness (QED) is 0.878. The number of carbonyl (C=O) groups excluding carboxylic acids is 1. The largest absolute Gasteiger partial charge is 0.312 e. The standard InChI is InChI=1S/C23H27N5O/c1-17-22(18-8-4-3-5-9-18)23(25-20-11-7-6-10-19(20)24-17)26-21(29)16-28-14-12-27(2)13-15-28/h3-11,22H,12-16H2,1-2H3,(H,25,26,29)/t22-/m1/s1. The summed E-state index contributed by atoms with van der Waals surface area (Å²) in [4.78, 5) is 27.0. The highest BCUT2D eigenvalue weighted by Gasteiger charge is 2.27. The van der Waals surface area contributed by atoms with E-state index in [-0.39, 0.29) is 11.8 Å². The van der Waals surface area contributed by atoms with Gasteiger partial charge < -0.3 is 10.2 Å². The van der Waals surface area contributed by atoms with Crippen LogP contribution in [-0.2, 0) is 4.79 Å².